The number of fused-ring (bicyclic) bond motifs is 2. The molecule has 0 aliphatic carbocycles. The van der Waals surface area contributed by atoms with Crippen molar-refractivity contribution in [3.05, 3.63) is 76.5 Å². The highest BCUT2D eigenvalue weighted by Gasteiger charge is 2.32. The van der Waals surface area contributed by atoms with Gasteiger partial charge in [-0.3, -0.25) is 9.59 Å². The molecule has 1 N–H and O–H groups in total. The Morgan fingerprint density at radius 1 is 1.13 bits per heavy atom. The van der Waals surface area contributed by atoms with Crippen LogP contribution in [0.2, 0.25) is 0 Å². The Balaban J connectivity index is 1.15. The molecule has 39 heavy (non-hydrogen) atoms. The zero-order chi connectivity index (χ0) is 26.9. The van der Waals surface area contributed by atoms with Crippen molar-refractivity contribution in [2.75, 3.05) is 38.2 Å². The molecule has 2 aromatic carbocycles. The van der Waals surface area contributed by atoms with Crippen LogP contribution in [0.5, 0.6) is 0 Å². The van der Waals surface area contributed by atoms with Crippen molar-refractivity contribution in [2.45, 2.75) is 51.6 Å². The molecule has 0 bridgehead atoms. The molecular weight excluding hydrogens is 490 g/mol. The molecule has 1 unspecified atom stereocenters. The quantitative estimate of drug-likeness (QED) is 0.538. The smallest absolute Gasteiger partial charge is 0.254 e. The zero-order valence-electron chi connectivity index (χ0n) is 22.7. The summed E-state index contributed by atoms with van der Waals surface area (Å²) in [5.74, 6) is 0.768. The Morgan fingerprint density at radius 3 is 2.79 bits per heavy atom. The van der Waals surface area contributed by atoms with Gasteiger partial charge in [0.1, 0.15) is 6.54 Å². The van der Waals surface area contributed by atoms with Crippen LogP contribution in [0.15, 0.2) is 48.7 Å². The van der Waals surface area contributed by atoms with Crippen molar-refractivity contribution < 1.29 is 14.3 Å². The van der Waals surface area contributed by atoms with E-state index >= 15 is 0 Å². The largest absolute Gasteiger partial charge is 0.381 e. The van der Waals surface area contributed by atoms with Crippen LogP contribution >= 0.6 is 0 Å². The molecule has 0 saturated carbocycles. The predicted molar refractivity (Wildman–Crippen MR) is 150 cm³/mol. The van der Waals surface area contributed by atoms with Gasteiger partial charge in [0, 0.05) is 56.2 Å². The number of hydrogen-bond acceptors (Lipinski definition) is 6. The molecule has 3 aliphatic rings. The molecule has 1 aromatic heterocycles. The first-order valence-corrected chi connectivity index (χ1v) is 13.9. The fraction of sp³-hybridized carbons (Fsp3) is 0.419. The number of nitrogens with zero attached hydrogens (tertiary/aromatic N) is 4. The van der Waals surface area contributed by atoms with Crippen LogP contribution in [0.3, 0.4) is 0 Å². The lowest BCUT2D eigenvalue weighted by Gasteiger charge is -2.25. The van der Waals surface area contributed by atoms with Crippen LogP contribution in [0.25, 0.3) is 11.3 Å². The van der Waals surface area contributed by atoms with Crippen molar-refractivity contribution in [3.8, 4) is 11.3 Å². The van der Waals surface area contributed by atoms with Gasteiger partial charge >= 0.3 is 0 Å². The number of anilines is 1. The second kappa shape index (κ2) is 10.8. The second-order valence-electron chi connectivity index (χ2n) is 11.0. The van der Waals surface area contributed by atoms with Crippen LogP contribution in [-0.4, -0.2) is 70.5 Å². The predicted octanol–water partition coefficient (Wildman–Crippen LogP) is 4.19. The van der Waals surface area contributed by atoms with Gasteiger partial charge in [0.05, 0.1) is 5.69 Å². The van der Waals surface area contributed by atoms with Gasteiger partial charge in [-0.25, -0.2) is 9.97 Å². The van der Waals surface area contributed by atoms with Crippen LogP contribution < -0.4 is 5.32 Å². The number of amides is 2. The Labute approximate surface area is 229 Å². The van der Waals surface area contributed by atoms with Gasteiger partial charge in [0.15, 0.2) is 0 Å². The fourth-order valence-electron chi connectivity index (χ4n) is 5.97. The lowest BCUT2D eigenvalue weighted by Crippen LogP contribution is -2.42. The first kappa shape index (κ1) is 25.5. The van der Waals surface area contributed by atoms with Gasteiger partial charge < -0.3 is 19.9 Å². The molecular formula is C31H35N5O3. The van der Waals surface area contributed by atoms with Gasteiger partial charge in [-0.2, -0.15) is 0 Å². The summed E-state index contributed by atoms with van der Waals surface area (Å²) in [4.78, 5) is 39.6. The van der Waals surface area contributed by atoms with Crippen molar-refractivity contribution in [1.29, 1.82) is 0 Å². The van der Waals surface area contributed by atoms with E-state index in [4.69, 9.17) is 9.72 Å². The third-order valence-electron chi connectivity index (χ3n) is 8.20. The summed E-state index contributed by atoms with van der Waals surface area (Å²) in [5, 5.41) is 3.43. The molecule has 3 aromatic rings. The Hall–Kier alpha value is -3.78. The summed E-state index contributed by atoms with van der Waals surface area (Å²) in [5.41, 5.74) is 6.85. The highest BCUT2D eigenvalue weighted by Crippen LogP contribution is 2.30. The van der Waals surface area contributed by atoms with E-state index in [1.54, 1.807) is 4.90 Å². The normalized spacial score (nSPS) is 19.4. The van der Waals surface area contributed by atoms with E-state index < -0.39 is 0 Å². The molecule has 3 aliphatic heterocycles. The Kier molecular flexibility index (Phi) is 7.04. The maximum absolute atomic E-state index is 13.4. The molecule has 2 amide bonds. The summed E-state index contributed by atoms with van der Waals surface area (Å²) in [7, 11) is 0. The first-order chi connectivity index (χ1) is 19.0. The standard InChI is InChI=1S/C31H35N5O3/c1-20-16-32-31(33-25-10-13-39-14-11-25)34-29(20)23-7-8-24-18-36(30(38)27(24)15-23)19-28(37)35-12-9-22-5-3-4-6-26(22)21(2)17-35/h3-8,15-16,21,25H,9-14,17-19H2,1-2H3,(H,32,33,34). The molecule has 8 nitrogen and oxygen atoms in total. The number of hydrogen-bond donors (Lipinski definition) is 1. The Bertz CT molecular complexity index is 1400. The Morgan fingerprint density at radius 2 is 1.95 bits per heavy atom. The van der Waals surface area contributed by atoms with E-state index in [2.05, 4.69) is 41.5 Å². The van der Waals surface area contributed by atoms with Gasteiger partial charge in [-0.05, 0) is 60.4 Å². The number of carbonyl (C=O) groups excluding carboxylic acids is 2. The van der Waals surface area contributed by atoms with Crippen LogP contribution in [0, 0.1) is 6.92 Å². The summed E-state index contributed by atoms with van der Waals surface area (Å²) in [6.45, 7) is 7.53. The summed E-state index contributed by atoms with van der Waals surface area (Å²) >= 11 is 0. The van der Waals surface area contributed by atoms with Gasteiger partial charge in [0.2, 0.25) is 11.9 Å². The highest BCUT2D eigenvalue weighted by molar-refractivity contribution is 6.01. The fourth-order valence-corrected chi connectivity index (χ4v) is 5.97. The minimum absolute atomic E-state index is 0.00603. The summed E-state index contributed by atoms with van der Waals surface area (Å²) in [6, 6.07) is 14.7. The van der Waals surface area contributed by atoms with Crippen molar-refractivity contribution in [1.82, 2.24) is 19.8 Å². The monoisotopic (exact) mass is 525 g/mol. The van der Waals surface area contributed by atoms with Crippen molar-refractivity contribution in [2.24, 2.45) is 0 Å². The third-order valence-corrected chi connectivity index (χ3v) is 8.20. The first-order valence-electron chi connectivity index (χ1n) is 13.9. The van der Waals surface area contributed by atoms with Gasteiger partial charge in [0.25, 0.3) is 5.91 Å². The molecule has 1 fully saturated rings. The van der Waals surface area contributed by atoms with E-state index in [-0.39, 0.29) is 24.3 Å². The number of rotatable bonds is 5. The number of nitrogens with one attached hydrogen (secondary N) is 1. The van der Waals surface area contributed by atoms with Crippen molar-refractivity contribution in [3.63, 3.8) is 0 Å². The number of ether oxygens (including phenoxy) is 1. The van der Waals surface area contributed by atoms with Gasteiger partial charge in [-0.1, -0.05) is 43.3 Å². The van der Waals surface area contributed by atoms with Crippen LogP contribution in [0.1, 0.15) is 58.3 Å². The number of aryl methyl sites for hydroxylation is 1. The number of benzene rings is 2. The van der Waals surface area contributed by atoms with Crippen LogP contribution in [0.4, 0.5) is 5.95 Å². The topological polar surface area (TPSA) is 87.7 Å². The number of aromatic nitrogens is 2. The van der Waals surface area contributed by atoms with E-state index in [1.807, 2.05) is 36.2 Å². The second-order valence-corrected chi connectivity index (χ2v) is 11.0. The van der Waals surface area contributed by atoms with E-state index in [1.165, 1.54) is 11.1 Å². The van der Waals surface area contributed by atoms with Gasteiger partial charge in [-0.15, -0.1) is 0 Å². The molecule has 1 atom stereocenters. The van der Waals surface area contributed by atoms with E-state index in [9.17, 15) is 9.59 Å². The number of carbonyl (C=O) groups is 2. The minimum atomic E-state index is -0.0985. The molecule has 1 saturated heterocycles. The average Bonchev–Trinajstić information content (AvgIpc) is 3.15. The summed E-state index contributed by atoms with van der Waals surface area (Å²) < 4.78 is 5.45. The minimum Gasteiger partial charge on any atom is -0.381 e. The molecule has 0 radical (unpaired) electrons. The lowest BCUT2D eigenvalue weighted by molar-refractivity contribution is -0.132. The SMILES string of the molecule is Cc1cnc(NC2CCOCC2)nc1-c1ccc2c(c1)C(=O)N(CC(=O)N1CCc3ccccc3C(C)C1)C2. The zero-order valence-corrected chi connectivity index (χ0v) is 22.7. The maximum atomic E-state index is 13.4. The lowest BCUT2D eigenvalue weighted by atomic mass is 9.96. The van der Waals surface area contributed by atoms with E-state index in [0.717, 1.165) is 54.9 Å². The maximum Gasteiger partial charge on any atom is 0.254 e. The van der Waals surface area contributed by atoms with Crippen molar-refractivity contribution >= 4 is 17.8 Å². The molecule has 6 rings (SSSR count). The molecule has 202 valence electrons. The molecule has 8 heteroatoms. The highest BCUT2D eigenvalue weighted by atomic mass is 16.5. The molecule has 4 heterocycles. The average molecular weight is 526 g/mol. The van der Waals surface area contributed by atoms with E-state index in [0.29, 0.717) is 37.2 Å². The van der Waals surface area contributed by atoms with Crippen LogP contribution in [-0.2, 0) is 22.5 Å². The summed E-state index contributed by atoms with van der Waals surface area (Å²) in [6.07, 6.45) is 4.52. The molecule has 0 spiro atoms. The third kappa shape index (κ3) is 5.26.